The molecule has 1 fully saturated rings. The van der Waals surface area contributed by atoms with Crippen LogP contribution in [-0.2, 0) is 16.1 Å². The van der Waals surface area contributed by atoms with E-state index in [4.69, 9.17) is 9.15 Å². The van der Waals surface area contributed by atoms with Crippen LogP contribution in [0.5, 0.6) is 0 Å². The molecule has 0 aromatic carbocycles. The minimum absolute atomic E-state index is 0.0386. The number of ether oxygens (including phenoxy) is 1. The molecule has 0 bridgehead atoms. The Labute approximate surface area is 146 Å². The highest BCUT2D eigenvalue weighted by Crippen LogP contribution is 2.25. The molecule has 1 unspecified atom stereocenters. The molecule has 1 aliphatic rings. The van der Waals surface area contributed by atoms with Crippen molar-refractivity contribution in [3.8, 4) is 0 Å². The number of amides is 1. The number of nitrogens with zero attached hydrogens (tertiary/aromatic N) is 3. The molecular formula is C17H23N3O3S. The molecule has 6 nitrogen and oxygen atoms in total. The zero-order valence-corrected chi connectivity index (χ0v) is 15.1. The van der Waals surface area contributed by atoms with Crippen LogP contribution in [0.15, 0.2) is 21.9 Å². The Morgan fingerprint density at radius 2 is 2.29 bits per heavy atom. The average Bonchev–Trinajstić information content (AvgIpc) is 3.16. The smallest absolute Gasteiger partial charge is 0.236 e. The number of aromatic nitrogens is 1. The van der Waals surface area contributed by atoms with E-state index in [1.807, 2.05) is 38.4 Å². The third-order valence-corrected chi connectivity index (χ3v) is 5.09. The van der Waals surface area contributed by atoms with E-state index in [-0.39, 0.29) is 12.0 Å². The first-order valence-electron chi connectivity index (χ1n) is 8.06. The van der Waals surface area contributed by atoms with Crippen LogP contribution < -0.4 is 0 Å². The van der Waals surface area contributed by atoms with Gasteiger partial charge in [0.15, 0.2) is 0 Å². The summed E-state index contributed by atoms with van der Waals surface area (Å²) < 4.78 is 11.4. The Bertz CT molecular complexity index is 697. The summed E-state index contributed by atoms with van der Waals surface area (Å²) in [5.74, 6) is 1.75. The Morgan fingerprint density at radius 3 is 2.96 bits per heavy atom. The van der Waals surface area contributed by atoms with Gasteiger partial charge in [-0.25, -0.2) is 4.98 Å². The highest BCUT2D eigenvalue weighted by molar-refractivity contribution is 7.09. The van der Waals surface area contributed by atoms with Crippen LogP contribution >= 0.6 is 11.3 Å². The summed E-state index contributed by atoms with van der Waals surface area (Å²) in [6.45, 7) is 6.85. The monoisotopic (exact) mass is 349 g/mol. The maximum absolute atomic E-state index is 12.5. The zero-order valence-electron chi connectivity index (χ0n) is 14.3. The molecule has 24 heavy (non-hydrogen) atoms. The van der Waals surface area contributed by atoms with Crippen molar-refractivity contribution in [3.63, 3.8) is 0 Å². The lowest BCUT2D eigenvalue weighted by Gasteiger charge is -2.32. The molecule has 2 aromatic heterocycles. The van der Waals surface area contributed by atoms with E-state index in [1.165, 1.54) is 0 Å². The molecule has 130 valence electrons. The van der Waals surface area contributed by atoms with Crippen LogP contribution in [0.25, 0.3) is 0 Å². The second kappa shape index (κ2) is 7.46. The normalized spacial score (nSPS) is 18.7. The molecule has 1 saturated heterocycles. The van der Waals surface area contributed by atoms with E-state index < -0.39 is 0 Å². The van der Waals surface area contributed by atoms with Gasteiger partial charge in [-0.15, -0.1) is 11.3 Å². The van der Waals surface area contributed by atoms with Crippen molar-refractivity contribution in [2.45, 2.75) is 26.5 Å². The van der Waals surface area contributed by atoms with E-state index in [1.54, 1.807) is 16.2 Å². The van der Waals surface area contributed by atoms with Gasteiger partial charge in [-0.3, -0.25) is 9.69 Å². The highest BCUT2D eigenvalue weighted by Gasteiger charge is 2.26. The van der Waals surface area contributed by atoms with Crippen LogP contribution in [0, 0.1) is 13.8 Å². The average molecular weight is 349 g/mol. The largest absolute Gasteiger partial charge is 0.464 e. The predicted octanol–water partition coefficient (Wildman–Crippen LogP) is 2.38. The Kier molecular flexibility index (Phi) is 5.33. The summed E-state index contributed by atoms with van der Waals surface area (Å²) in [5, 5.41) is 3.02. The lowest BCUT2D eigenvalue weighted by atomic mass is 10.2. The number of carbonyl (C=O) groups is 1. The maximum Gasteiger partial charge on any atom is 0.236 e. The van der Waals surface area contributed by atoms with Crippen molar-refractivity contribution in [3.05, 3.63) is 39.7 Å². The van der Waals surface area contributed by atoms with Crippen LogP contribution in [0.3, 0.4) is 0 Å². The molecule has 1 amide bonds. The second-order valence-corrected chi connectivity index (χ2v) is 7.07. The number of furan rings is 1. The van der Waals surface area contributed by atoms with Gasteiger partial charge in [-0.1, -0.05) is 0 Å². The number of hydrogen-bond acceptors (Lipinski definition) is 6. The fourth-order valence-electron chi connectivity index (χ4n) is 2.72. The second-order valence-electron chi connectivity index (χ2n) is 6.18. The zero-order chi connectivity index (χ0) is 17.1. The van der Waals surface area contributed by atoms with Gasteiger partial charge in [0.25, 0.3) is 0 Å². The quantitative estimate of drug-likeness (QED) is 0.829. The minimum atomic E-state index is -0.0386. The van der Waals surface area contributed by atoms with E-state index in [0.29, 0.717) is 26.2 Å². The lowest BCUT2D eigenvalue weighted by Crippen LogP contribution is -2.44. The van der Waals surface area contributed by atoms with Gasteiger partial charge in [-0.2, -0.15) is 0 Å². The summed E-state index contributed by atoms with van der Waals surface area (Å²) >= 11 is 1.62. The molecule has 1 atom stereocenters. The fourth-order valence-corrected chi connectivity index (χ4v) is 3.55. The topological polar surface area (TPSA) is 58.8 Å². The van der Waals surface area contributed by atoms with Gasteiger partial charge in [0.1, 0.15) is 22.6 Å². The molecule has 0 spiro atoms. The third kappa shape index (κ3) is 4.23. The molecular weight excluding hydrogens is 326 g/mol. The van der Waals surface area contributed by atoms with Gasteiger partial charge in [0.05, 0.1) is 19.7 Å². The van der Waals surface area contributed by atoms with Crippen molar-refractivity contribution < 1.29 is 13.9 Å². The van der Waals surface area contributed by atoms with Gasteiger partial charge in [0.2, 0.25) is 5.91 Å². The van der Waals surface area contributed by atoms with Crippen LogP contribution in [0.2, 0.25) is 0 Å². The number of morpholine rings is 1. The predicted molar refractivity (Wildman–Crippen MR) is 91.9 cm³/mol. The number of rotatable bonds is 5. The summed E-state index contributed by atoms with van der Waals surface area (Å²) in [5.41, 5.74) is 1.01. The van der Waals surface area contributed by atoms with Gasteiger partial charge in [0, 0.05) is 31.2 Å². The standard InChI is InChI=1S/C17H23N3O3S/c1-12-11-24-17(18-12)15-9-20(6-7-22-15)10-16(21)19(3)8-14-5-4-13(2)23-14/h4-5,11,15H,6-10H2,1-3H3. The van der Waals surface area contributed by atoms with Crippen LogP contribution in [0.1, 0.15) is 28.3 Å². The maximum atomic E-state index is 12.5. The lowest BCUT2D eigenvalue weighted by molar-refractivity contribution is -0.134. The van der Waals surface area contributed by atoms with E-state index in [0.717, 1.165) is 28.8 Å². The molecule has 0 radical (unpaired) electrons. The molecule has 1 aliphatic heterocycles. The molecule has 3 heterocycles. The number of aryl methyl sites for hydroxylation is 2. The fraction of sp³-hybridized carbons (Fsp3) is 0.529. The van der Waals surface area contributed by atoms with E-state index >= 15 is 0 Å². The Morgan fingerprint density at radius 1 is 1.46 bits per heavy atom. The first kappa shape index (κ1) is 17.1. The van der Waals surface area contributed by atoms with Gasteiger partial charge < -0.3 is 14.1 Å². The SMILES string of the molecule is Cc1csc(C2CN(CC(=O)N(C)Cc3ccc(C)o3)CCO2)n1. The summed E-state index contributed by atoms with van der Waals surface area (Å²) in [7, 11) is 1.81. The minimum Gasteiger partial charge on any atom is -0.464 e. The number of hydrogen-bond donors (Lipinski definition) is 0. The first-order valence-corrected chi connectivity index (χ1v) is 8.94. The van der Waals surface area contributed by atoms with E-state index in [2.05, 4.69) is 9.88 Å². The van der Waals surface area contributed by atoms with Crippen molar-refractivity contribution in [2.75, 3.05) is 33.3 Å². The Balaban J connectivity index is 1.53. The van der Waals surface area contributed by atoms with Crippen molar-refractivity contribution in [2.24, 2.45) is 0 Å². The van der Waals surface area contributed by atoms with Crippen LogP contribution in [0.4, 0.5) is 0 Å². The summed E-state index contributed by atoms with van der Waals surface area (Å²) in [6.07, 6.45) is -0.0386. The van der Waals surface area contributed by atoms with Crippen molar-refractivity contribution >= 4 is 17.2 Å². The third-order valence-electron chi connectivity index (χ3n) is 4.04. The number of thiazole rings is 1. The van der Waals surface area contributed by atoms with Crippen molar-refractivity contribution in [1.82, 2.24) is 14.8 Å². The van der Waals surface area contributed by atoms with E-state index in [9.17, 15) is 4.79 Å². The highest BCUT2D eigenvalue weighted by atomic mass is 32.1. The first-order chi connectivity index (χ1) is 11.5. The van der Waals surface area contributed by atoms with Crippen LogP contribution in [-0.4, -0.2) is 54.0 Å². The Hall–Kier alpha value is -1.70. The summed E-state index contributed by atoms with van der Waals surface area (Å²) in [6, 6.07) is 3.82. The molecule has 0 N–H and O–H groups in total. The molecule has 0 saturated carbocycles. The summed E-state index contributed by atoms with van der Waals surface area (Å²) in [4.78, 5) is 20.8. The molecule has 0 aliphatic carbocycles. The van der Waals surface area contributed by atoms with Gasteiger partial charge >= 0.3 is 0 Å². The molecule has 2 aromatic rings. The van der Waals surface area contributed by atoms with Crippen molar-refractivity contribution in [1.29, 1.82) is 0 Å². The molecule has 3 rings (SSSR count). The number of likely N-dealkylation sites (N-methyl/N-ethyl adjacent to an activating group) is 1. The molecule has 7 heteroatoms. The van der Waals surface area contributed by atoms with Gasteiger partial charge in [-0.05, 0) is 26.0 Å². The number of carbonyl (C=O) groups excluding carboxylic acids is 1.